The van der Waals surface area contributed by atoms with E-state index in [0.717, 1.165) is 36.1 Å². The molecule has 1 aliphatic heterocycles. The average molecular weight is 306 g/mol. The third-order valence-corrected chi connectivity index (χ3v) is 3.46. The fourth-order valence-corrected chi connectivity index (χ4v) is 2.30. The van der Waals surface area contributed by atoms with Gasteiger partial charge in [-0.25, -0.2) is 9.97 Å². The molecule has 112 valence electrons. The van der Waals surface area contributed by atoms with Gasteiger partial charge in [-0.1, -0.05) is 17.7 Å². The van der Waals surface area contributed by atoms with Gasteiger partial charge in [0.15, 0.2) is 5.82 Å². The monoisotopic (exact) mass is 305 g/mol. The zero-order valence-corrected chi connectivity index (χ0v) is 12.6. The van der Waals surface area contributed by atoms with Crippen LogP contribution in [-0.4, -0.2) is 23.1 Å². The summed E-state index contributed by atoms with van der Waals surface area (Å²) in [5.41, 5.74) is 12.8. The van der Waals surface area contributed by atoms with E-state index in [1.807, 2.05) is 18.2 Å². The second-order valence-electron chi connectivity index (χ2n) is 4.90. The van der Waals surface area contributed by atoms with Gasteiger partial charge in [0.2, 0.25) is 0 Å². The van der Waals surface area contributed by atoms with Crippen molar-refractivity contribution in [2.75, 3.05) is 23.7 Å². The van der Waals surface area contributed by atoms with Crippen LogP contribution in [0.2, 0.25) is 0 Å². The number of nitrogens with two attached hydrogens (primary N) is 2. The molecule has 0 radical (unpaired) electrons. The molecule has 1 aromatic rings. The number of hydrogen-bond donors (Lipinski definition) is 2. The van der Waals surface area contributed by atoms with Gasteiger partial charge in [0, 0.05) is 30.2 Å². The van der Waals surface area contributed by atoms with E-state index >= 15 is 0 Å². The number of nitrogen functional groups attached to an aromatic ring is 1. The largest absolute Gasteiger partial charge is 0.402 e. The number of hydrogen-bond acceptors (Lipinski definition) is 5. The standard InChI is InChI=1S/C8H12N4.C7H8ClN/c9-7-5-10-6-11-8(7)12-3-1-2-4-12;8-6-2-1-3-7(9)5-4-6/h5-6H,1-4,9H2;1-2,4-5H,3,9H2. The summed E-state index contributed by atoms with van der Waals surface area (Å²) in [7, 11) is 0. The van der Waals surface area contributed by atoms with Gasteiger partial charge in [-0.2, -0.15) is 0 Å². The average Bonchev–Trinajstić information content (AvgIpc) is 2.94. The van der Waals surface area contributed by atoms with E-state index in [-0.39, 0.29) is 0 Å². The fraction of sp³-hybridized carbons (Fsp3) is 0.333. The lowest BCUT2D eigenvalue weighted by Crippen LogP contribution is -2.20. The van der Waals surface area contributed by atoms with Crippen LogP contribution >= 0.6 is 11.6 Å². The smallest absolute Gasteiger partial charge is 0.155 e. The molecule has 1 saturated heterocycles. The highest BCUT2D eigenvalue weighted by molar-refractivity contribution is 6.31. The number of nitrogens with zero attached hydrogens (tertiary/aromatic N) is 3. The summed E-state index contributed by atoms with van der Waals surface area (Å²) in [6.45, 7) is 2.14. The molecule has 0 bridgehead atoms. The summed E-state index contributed by atoms with van der Waals surface area (Å²) >= 11 is 5.66. The molecule has 2 aliphatic rings. The quantitative estimate of drug-likeness (QED) is 0.833. The third-order valence-electron chi connectivity index (χ3n) is 3.21. The van der Waals surface area contributed by atoms with Crippen LogP contribution in [0, 0.1) is 0 Å². The molecule has 4 N–H and O–H groups in total. The van der Waals surface area contributed by atoms with Crippen molar-refractivity contribution in [3.63, 3.8) is 0 Å². The van der Waals surface area contributed by atoms with E-state index in [1.165, 1.54) is 12.8 Å². The Morgan fingerprint density at radius 2 is 1.90 bits per heavy atom. The minimum absolute atomic E-state index is 0.680. The van der Waals surface area contributed by atoms with Crippen LogP contribution in [0.5, 0.6) is 0 Å². The molecule has 0 spiro atoms. The highest BCUT2D eigenvalue weighted by atomic mass is 35.5. The van der Waals surface area contributed by atoms with Crippen molar-refractivity contribution in [2.24, 2.45) is 5.73 Å². The van der Waals surface area contributed by atoms with E-state index in [1.54, 1.807) is 18.6 Å². The molecule has 6 heteroatoms. The van der Waals surface area contributed by atoms with Crippen LogP contribution in [0.1, 0.15) is 19.3 Å². The number of aromatic nitrogens is 2. The van der Waals surface area contributed by atoms with Crippen molar-refractivity contribution < 1.29 is 0 Å². The van der Waals surface area contributed by atoms with Crippen LogP contribution in [0.3, 0.4) is 0 Å². The first-order valence-electron chi connectivity index (χ1n) is 6.95. The Morgan fingerprint density at radius 3 is 2.62 bits per heavy atom. The number of allylic oxidation sites excluding steroid dienone is 5. The maximum absolute atomic E-state index is 5.73. The molecule has 5 nitrogen and oxygen atoms in total. The molecule has 1 aromatic heterocycles. The maximum Gasteiger partial charge on any atom is 0.155 e. The molecular weight excluding hydrogens is 286 g/mol. The maximum atomic E-state index is 5.73. The molecule has 0 aromatic carbocycles. The Balaban J connectivity index is 0.000000161. The molecule has 0 atom stereocenters. The van der Waals surface area contributed by atoms with E-state index in [9.17, 15) is 0 Å². The minimum Gasteiger partial charge on any atom is -0.402 e. The Labute approximate surface area is 130 Å². The van der Waals surface area contributed by atoms with E-state index in [0.29, 0.717) is 5.69 Å². The number of rotatable bonds is 1. The molecule has 0 unspecified atom stereocenters. The number of anilines is 2. The highest BCUT2D eigenvalue weighted by Gasteiger charge is 2.15. The summed E-state index contributed by atoms with van der Waals surface area (Å²) in [6.07, 6.45) is 13.9. The molecule has 2 heterocycles. The SMILES string of the molecule is NC1=CC=C(Cl)C=CC1.Nc1cncnc1N1CCCC1. The molecule has 0 saturated carbocycles. The lowest BCUT2D eigenvalue weighted by molar-refractivity contribution is 0.930. The van der Waals surface area contributed by atoms with Crippen molar-refractivity contribution >= 4 is 23.1 Å². The third kappa shape index (κ3) is 4.79. The van der Waals surface area contributed by atoms with Gasteiger partial charge in [-0.3, -0.25) is 0 Å². The van der Waals surface area contributed by atoms with Crippen LogP contribution in [0.4, 0.5) is 11.5 Å². The lowest BCUT2D eigenvalue weighted by atomic mass is 10.3. The number of halogens is 1. The Morgan fingerprint density at radius 1 is 1.14 bits per heavy atom. The van der Waals surface area contributed by atoms with Gasteiger partial charge < -0.3 is 16.4 Å². The second-order valence-corrected chi connectivity index (χ2v) is 5.33. The predicted molar refractivity (Wildman–Crippen MR) is 87.9 cm³/mol. The Bertz CT molecular complexity index is 559. The molecular formula is C15H20ClN5. The summed E-state index contributed by atoms with van der Waals surface area (Å²) in [4.78, 5) is 10.2. The van der Waals surface area contributed by atoms with Crippen molar-refractivity contribution in [1.29, 1.82) is 0 Å². The summed E-state index contributed by atoms with van der Waals surface area (Å²) in [5.74, 6) is 0.891. The minimum atomic E-state index is 0.680. The molecule has 21 heavy (non-hydrogen) atoms. The summed E-state index contributed by atoms with van der Waals surface area (Å²) in [6, 6.07) is 0. The molecule has 1 fully saturated rings. The van der Waals surface area contributed by atoms with E-state index < -0.39 is 0 Å². The predicted octanol–water partition coefficient (Wildman–Crippen LogP) is 2.57. The van der Waals surface area contributed by atoms with Gasteiger partial charge in [-0.05, 0) is 31.1 Å². The first-order valence-corrected chi connectivity index (χ1v) is 7.33. The van der Waals surface area contributed by atoms with Crippen LogP contribution in [0.15, 0.2) is 47.6 Å². The van der Waals surface area contributed by atoms with Gasteiger partial charge in [0.1, 0.15) is 6.33 Å². The molecule has 3 rings (SSSR count). The Kier molecular flexibility index (Phi) is 5.63. The van der Waals surface area contributed by atoms with Gasteiger partial charge >= 0.3 is 0 Å². The first kappa shape index (κ1) is 15.4. The van der Waals surface area contributed by atoms with Crippen LogP contribution in [0.25, 0.3) is 0 Å². The summed E-state index contributed by atoms with van der Waals surface area (Å²) < 4.78 is 0. The van der Waals surface area contributed by atoms with Crippen molar-refractivity contribution in [2.45, 2.75) is 19.3 Å². The van der Waals surface area contributed by atoms with Crippen molar-refractivity contribution in [3.8, 4) is 0 Å². The second kappa shape index (κ2) is 7.69. The highest BCUT2D eigenvalue weighted by Crippen LogP contribution is 2.22. The zero-order valence-electron chi connectivity index (χ0n) is 11.9. The topological polar surface area (TPSA) is 81.1 Å². The lowest BCUT2D eigenvalue weighted by Gasteiger charge is -2.16. The van der Waals surface area contributed by atoms with Crippen molar-refractivity contribution in [3.05, 3.63) is 47.6 Å². The van der Waals surface area contributed by atoms with Crippen LogP contribution < -0.4 is 16.4 Å². The van der Waals surface area contributed by atoms with Crippen LogP contribution in [-0.2, 0) is 0 Å². The summed E-state index contributed by atoms with van der Waals surface area (Å²) in [5, 5.41) is 0.732. The van der Waals surface area contributed by atoms with Gasteiger partial charge in [-0.15, -0.1) is 0 Å². The molecule has 1 aliphatic carbocycles. The van der Waals surface area contributed by atoms with E-state index in [4.69, 9.17) is 23.1 Å². The fourth-order valence-electron chi connectivity index (χ4n) is 2.14. The Hall–Kier alpha value is -2.01. The zero-order chi connectivity index (χ0) is 15.1. The first-order chi connectivity index (χ1) is 10.2. The normalized spacial score (nSPS) is 17.5. The van der Waals surface area contributed by atoms with Crippen molar-refractivity contribution in [1.82, 2.24) is 9.97 Å². The van der Waals surface area contributed by atoms with E-state index in [2.05, 4.69) is 14.9 Å². The molecule has 0 amide bonds. The van der Waals surface area contributed by atoms with Gasteiger partial charge in [0.25, 0.3) is 0 Å². The van der Waals surface area contributed by atoms with Gasteiger partial charge in [0.05, 0.1) is 11.9 Å².